The summed E-state index contributed by atoms with van der Waals surface area (Å²) in [5, 5.41) is 18.7. The molecule has 86 heavy (non-hydrogen) atoms. The lowest BCUT2D eigenvalue weighted by atomic mass is 9.84. The van der Waals surface area contributed by atoms with E-state index < -0.39 is 0 Å². The van der Waals surface area contributed by atoms with Gasteiger partial charge in [0.05, 0.1) is 0 Å². The zero-order chi connectivity index (χ0) is 56.4. The Morgan fingerprint density at radius 2 is 0.605 bits per heavy atom. The summed E-state index contributed by atoms with van der Waals surface area (Å²) in [6.45, 7) is 0. The minimum Gasteiger partial charge on any atom is -0.456 e. The highest BCUT2D eigenvalue weighted by Gasteiger charge is 2.25. The predicted molar refractivity (Wildman–Crippen MR) is 364 cm³/mol. The van der Waals surface area contributed by atoms with E-state index in [-0.39, 0.29) is 0 Å². The van der Waals surface area contributed by atoms with Gasteiger partial charge >= 0.3 is 0 Å². The average molecular weight is 1090 g/mol. The molecule has 0 bridgehead atoms. The highest BCUT2D eigenvalue weighted by Crippen LogP contribution is 2.51. The minimum absolute atomic E-state index is 0.861. The molecule has 398 valence electrons. The van der Waals surface area contributed by atoms with Gasteiger partial charge < -0.3 is 8.83 Å². The van der Waals surface area contributed by atoms with Crippen LogP contribution in [0, 0.1) is 0 Å². The first kappa shape index (κ1) is 48.2. The normalized spacial score (nSPS) is 12.0. The van der Waals surface area contributed by atoms with Crippen molar-refractivity contribution in [3.8, 4) is 77.9 Å². The lowest BCUT2D eigenvalue weighted by molar-refractivity contribution is 0.669. The van der Waals surface area contributed by atoms with Crippen LogP contribution in [-0.4, -0.2) is 0 Å². The Labute approximate surface area is 495 Å². The van der Waals surface area contributed by atoms with Gasteiger partial charge in [-0.1, -0.05) is 261 Å². The van der Waals surface area contributed by atoms with E-state index in [0.717, 1.165) is 77.1 Å². The third-order valence-corrected chi connectivity index (χ3v) is 18.2. The number of hydrogen-bond acceptors (Lipinski definition) is 2. The quantitative estimate of drug-likeness (QED) is 0.149. The molecule has 0 unspecified atom stereocenters. The Bertz CT molecular complexity index is 5680. The molecule has 2 heteroatoms. The lowest BCUT2D eigenvalue weighted by Gasteiger charge is -2.19. The monoisotopic (exact) mass is 1090 g/mol. The van der Waals surface area contributed by atoms with Crippen molar-refractivity contribution in [2.75, 3.05) is 0 Å². The predicted octanol–water partition coefficient (Wildman–Crippen LogP) is 24.1. The average Bonchev–Trinajstić information content (AvgIpc) is 1.42. The van der Waals surface area contributed by atoms with Gasteiger partial charge in [0.2, 0.25) is 0 Å². The molecule has 0 saturated carbocycles. The molecule has 18 rings (SSSR count). The van der Waals surface area contributed by atoms with Gasteiger partial charge in [-0.05, 0) is 179 Å². The molecular weight excluding hydrogens is 1040 g/mol. The van der Waals surface area contributed by atoms with Crippen molar-refractivity contribution in [2.24, 2.45) is 0 Å². The Morgan fingerprint density at radius 1 is 0.174 bits per heavy atom. The first-order valence-corrected chi connectivity index (χ1v) is 29.6. The SMILES string of the molecule is c1ccc(-c2ccc3cc4c(cc3c2)oc2c(-c3ccc(-c5c6ccccc6c(-c6cccc7oc8cc9c(-c%10ccccc%10)cccc9cc8c67)c6ccccc56)cc3)ccc(-c3c5ccccc5c(-c5ccccc5)c5ccccc35)c24)cc1. The fourth-order valence-corrected chi connectivity index (χ4v) is 14.4. The van der Waals surface area contributed by atoms with Gasteiger partial charge in [0.25, 0.3) is 0 Å². The van der Waals surface area contributed by atoms with Crippen molar-refractivity contribution in [3.05, 3.63) is 303 Å². The molecule has 0 aliphatic rings. The molecule has 0 aliphatic heterocycles. The van der Waals surface area contributed by atoms with Crippen LogP contribution in [0.4, 0.5) is 0 Å². The third kappa shape index (κ3) is 7.40. The molecule has 0 amide bonds. The second-order valence-corrected chi connectivity index (χ2v) is 22.9. The first-order valence-electron chi connectivity index (χ1n) is 29.6. The van der Waals surface area contributed by atoms with Crippen LogP contribution < -0.4 is 0 Å². The lowest BCUT2D eigenvalue weighted by Crippen LogP contribution is -1.92. The van der Waals surface area contributed by atoms with E-state index in [1.807, 2.05) is 0 Å². The van der Waals surface area contributed by atoms with E-state index in [4.69, 9.17) is 8.83 Å². The van der Waals surface area contributed by atoms with E-state index in [2.05, 4.69) is 303 Å². The molecular formula is C84H50O2. The maximum absolute atomic E-state index is 7.35. The summed E-state index contributed by atoms with van der Waals surface area (Å²) >= 11 is 0. The number of fused-ring (bicyclic) bond motifs is 12. The number of furan rings is 2. The maximum atomic E-state index is 7.35. The van der Waals surface area contributed by atoms with Crippen LogP contribution in [0.3, 0.4) is 0 Å². The fraction of sp³-hybridized carbons (Fsp3) is 0. The number of hydrogen-bond donors (Lipinski definition) is 0. The highest BCUT2D eigenvalue weighted by molar-refractivity contribution is 6.29. The van der Waals surface area contributed by atoms with Crippen LogP contribution in [0.15, 0.2) is 312 Å². The molecule has 0 aliphatic carbocycles. The summed E-state index contributed by atoms with van der Waals surface area (Å²) in [6, 6.07) is 111. The van der Waals surface area contributed by atoms with Gasteiger partial charge in [-0.2, -0.15) is 0 Å². The molecule has 0 saturated heterocycles. The van der Waals surface area contributed by atoms with Gasteiger partial charge in [0, 0.05) is 27.1 Å². The van der Waals surface area contributed by atoms with E-state index >= 15 is 0 Å². The molecule has 0 spiro atoms. The molecule has 16 aromatic carbocycles. The number of rotatable bonds is 7. The zero-order valence-electron chi connectivity index (χ0n) is 46.7. The van der Waals surface area contributed by atoms with Crippen molar-refractivity contribution < 1.29 is 8.83 Å². The van der Waals surface area contributed by atoms with E-state index in [0.29, 0.717) is 0 Å². The molecule has 2 nitrogen and oxygen atoms in total. The van der Waals surface area contributed by atoms with Gasteiger partial charge in [0.1, 0.15) is 22.3 Å². The molecule has 0 N–H and O–H groups in total. The number of benzene rings is 16. The van der Waals surface area contributed by atoms with Gasteiger partial charge in [0.15, 0.2) is 0 Å². The van der Waals surface area contributed by atoms with Crippen molar-refractivity contribution in [1.29, 1.82) is 0 Å². The Hall–Kier alpha value is -11.3. The second kappa shape index (κ2) is 19.1. The summed E-state index contributed by atoms with van der Waals surface area (Å²) in [5.74, 6) is 0. The van der Waals surface area contributed by atoms with Crippen LogP contribution in [-0.2, 0) is 0 Å². The van der Waals surface area contributed by atoms with Crippen LogP contribution >= 0.6 is 0 Å². The van der Waals surface area contributed by atoms with Crippen molar-refractivity contribution >= 4 is 109 Å². The van der Waals surface area contributed by atoms with Gasteiger partial charge in [-0.15, -0.1) is 0 Å². The van der Waals surface area contributed by atoms with Gasteiger partial charge in [-0.3, -0.25) is 0 Å². The molecule has 2 aromatic heterocycles. The van der Waals surface area contributed by atoms with Crippen LogP contribution in [0.1, 0.15) is 0 Å². The maximum Gasteiger partial charge on any atom is 0.143 e. The topological polar surface area (TPSA) is 26.3 Å². The Kier molecular flexibility index (Phi) is 10.7. The molecule has 0 fully saturated rings. The molecule has 18 aromatic rings. The van der Waals surface area contributed by atoms with Crippen molar-refractivity contribution in [3.63, 3.8) is 0 Å². The van der Waals surface area contributed by atoms with Crippen LogP contribution in [0.25, 0.3) is 186 Å². The minimum atomic E-state index is 0.861. The van der Waals surface area contributed by atoms with Crippen molar-refractivity contribution in [2.45, 2.75) is 0 Å². The zero-order valence-corrected chi connectivity index (χ0v) is 46.7. The third-order valence-electron chi connectivity index (χ3n) is 18.2. The molecule has 0 atom stereocenters. The fourth-order valence-electron chi connectivity index (χ4n) is 14.4. The Morgan fingerprint density at radius 3 is 1.21 bits per heavy atom. The summed E-state index contributed by atoms with van der Waals surface area (Å²) in [7, 11) is 0. The van der Waals surface area contributed by atoms with Crippen LogP contribution in [0.5, 0.6) is 0 Å². The largest absolute Gasteiger partial charge is 0.456 e. The molecule has 2 heterocycles. The van der Waals surface area contributed by atoms with Crippen molar-refractivity contribution in [1.82, 2.24) is 0 Å². The van der Waals surface area contributed by atoms with E-state index in [1.54, 1.807) is 0 Å². The van der Waals surface area contributed by atoms with E-state index in [9.17, 15) is 0 Å². The first-order chi connectivity index (χ1) is 42.7. The van der Waals surface area contributed by atoms with Crippen LogP contribution in [0.2, 0.25) is 0 Å². The summed E-state index contributed by atoms with van der Waals surface area (Å²) in [4.78, 5) is 0. The summed E-state index contributed by atoms with van der Waals surface area (Å²) in [6.07, 6.45) is 0. The smallest absolute Gasteiger partial charge is 0.143 e. The summed E-state index contributed by atoms with van der Waals surface area (Å²) < 4.78 is 14.2. The summed E-state index contributed by atoms with van der Waals surface area (Å²) in [5.41, 5.74) is 19.9. The molecule has 0 radical (unpaired) electrons. The van der Waals surface area contributed by atoms with E-state index in [1.165, 1.54) is 109 Å². The van der Waals surface area contributed by atoms with Gasteiger partial charge in [-0.25, -0.2) is 0 Å². The standard InChI is InChI=1S/C84H50O2/c1-4-20-51(21-5-1)56-42-43-57-47-74-76(49-59(57)46-56)86-84-61(44-45-71(83(74)84)81-68-33-16-10-27-62(68)78(54-24-8-3-9-25-54)63-28-11-17-34-69(63)81)53-38-40-55(41-39-53)79-64-29-12-14-31-66(64)80(67-32-15-13-30-65(67)79)70-36-19-37-75-82(70)73-48-58-26-18-35-60(52-22-6-2-7-23-52)72(58)50-77(73)85-75/h1-50H. The highest BCUT2D eigenvalue weighted by atomic mass is 16.3. The Balaban J connectivity index is 0.825. The second-order valence-electron chi connectivity index (χ2n) is 22.9.